The van der Waals surface area contributed by atoms with E-state index in [1.54, 1.807) is 38.8 Å². The molecule has 5 nitrogen and oxygen atoms in total. The quantitative estimate of drug-likeness (QED) is 0.862. The van der Waals surface area contributed by atoms with Crippen molar-refractivity contribution in [1.82, 2.24) is 4.98 Å². The Morgan fingerprint density at radius 3 is 2.45 bits per heavy atom. The number of nitrogens with zero attached hydrogens (tertiary/aromatic N) is 1. The minimum absolute atomic E-state index is 0.224. The van der Waals surface area contributed by atoms with Crippen LogP contribution >= 0.6 is 0 Å². The molecule has 1 N–H and O–H groups in total. The summed E-state index contributed by atoms with van der Waals surface area (Å²) in [4.78, 5) is 15.9. The van der Waals surface area contributed by atoms with Gasteiger partial charge in [0.25, 0.3) is 0 Å². The Balaban J connectivity index is 2.11. The topological polar surface area (TPSA) is 60.5 Å². The smallest absolute Gasteiger partial charge is 0.248 e. The Bertz CT molecular complexity index is 674. The van der Waals surface area contributed by atoms with Gasteiger partial charge in [-0.3, -0.25) is 9.78 Å². The minimum atomic E-state index is -0.224. The maximum atomic E-state index is 12.0. The van der Waals surface area contributed by atoms with Gasteiger partial charge in [0, 0.05) is 18.3 Å². The third kappa shape index (κ3) is 4.09. The van der Waals surface area contributed by atoms with Gasteiger partial charge in [0.1, 0.15) is 11.5 Å². The molecular formula is C17H18N2O3. The molecule has 1 aromatic heterocycles. The van der Waals surface area contributed by atoms with E-state index < -0.39 is 0 Å². The Morgan fingerprint density at radius 2 is 1.86 bits per heavy atom. The Hall–Kier alpha value is -2.82. The first-order chi connectivity index (χ1) is 10.6. The number of nitrogens with one attached hydrogen (secondary N) is 1. The number of methoxy groups -OCH3 is 2. The summed E-state index contributed by atoms with van der Waals surface area (Å²) in [5.41, 5.74) is 2.47. The van der Waals surface area contributed by atoms with Gasteiger partial charge in [0.2, 0.25) is 5.91 Å². The van der Waals surface area contributed by atoms with Crippen LogP contribution in [0.5, 0.6) is 11.5 Å². The van der Waals surface area contributed by atoms with Gasteiger partial charge in [-0.25, -0.2) is 0 Å². The number of aromatic nitrogens is 1. The lowest BCUT2D eigenvalue weighted by Gasteiger charge is -2.06. The Labute approximate surface area is 129 Å². The van der Waals surface area contributed by atoms with E-state index in [1.165, 1.54) is 6.08 Å². The van der Waals surface area contributed by atoms with Gasteiger partial charge in [-0.05, 0) is 42.3 Å². The number of aryl methyl sites for hydroxylation is 1. The molecule has 0 aliphatic carbocycles. The maximum Gasteiger partial charge on any atom is 0.248 e. The number of amides is 1. The largest absolute Gasteiger partial charge is 0.497 e. The lowest BCUT2D eigenvalue weighted by Crippen LogP contribution is -2.09. The fourth-order valence-electron chi connectivity index (χ4n) is 1.87. The van der Waals surface area contributed by atoms with E-state index in [0.29, 0.717) is 17.2 Å². The van der Waals surface area contributed by atoms with Crippen molar-refractivity contribution in [2.24, 2.45) is 0 Å². The first kappa shape index (κ1) is 15.6. The average Bonchev–Trinajstić information content (AvgIpc) is 2.54. The van der Waals surface area contributed by atoms with Crippen molar-refractivity contribution in [2.75, 3.05) is 19.5 Å². The van der Waals surface area contributed by atoms with Crippen molar-refractivity contribution in [1.29, 1.82) is 0 Å². The van der Waals surface area contributed by atoms with E-state index >= 15 is 0 Å². The first-order valence-corrected chi connectivity index (χ1v) is 6.75. The second kappa shape index (κ2) is 7.26. The van der Waals surface area contributed by atoms with Gasteiger partial charge < -0.3 is 14.8 Å². The van der Waals surface area contributed by atoms with Crippen LogP contribution in [0.25, 0.3) is 6.08 Å². The van der Waals surface area contributed by atoms with Gasteiger partial charge in [-0.15, -0.1) is 0 Å². The molecule has 0 saturated carbocycles. The zero-order valence-electron chi connectivity index (χ0n) is 12.8. The van der Waals surface area contributed by atoms with Crippen molar-refractivity contribution in [3.05, 3.63) is 53.9 Å². The first-order valence-electron chi connectivity index (χ1n) is 6.75. The molecule has 114 valence electrons. The van der Waals surface area contributed by atoms with E-state index in [2.05, 4.69) is 10.3 Å². The van der Waals surface area contributed by atoms with Crippen molar-refractivity contribution in [3.8, 4) is 11.5 Å². The number of rotatable bonds is 5. The SMILES string of the molecule is COc1cc(C=CC(=O)Nc2cnccc2C)cc(OC)c1. The van der Waals surface area contributed by atoms with Crippen molar-refractivity contribution < 1.29 is 14.3 Å². The highest BCUT2D eigenvalue weighted by Gasteiger charge is 2.03. The maximum absolute atomic E-state index is 12.0. The zero-order chi connectivity index (χ0) is 15.9. The fourth-order valence-corrected chi connectivity index (χ4v) is 1.87. The third-order valence-electron chi connectivity index (χ3n) is 3.10. The molecule has 2 rings (SSSR count). The predicted molar refractivity (Wildman–Crippen MR) is 86.2 cm³/mol. The molecule has 1 aromatic carbocycles. The molecule has 1 heterocycles. The van der Waals surface area contributed by atoms with E-state index in [4.69, 9.17) is 9.47 Å². The lowest BCUT2D eigenvalue weighted by atomic mass is 10.2. The summed E-state index contributed by atoms with van der Waals surface area (Å²) in [6.07, 6.45) is 6.46. The molecule has 2 aromatic rings. The average molecular weight is 298 g/mol. The van der Waals surface area contributed by atoms with Gasteiger partial charge >= 0.3 is 0 Å². The molecule has 0 bridgehead atoms. The van der Waals surface area contributed by atoms with Crippen LogP contribution in [0.2, 0.25) is 0 Å². The molecule has 0 spiro atoms. The van der Waals surface area contributed by atoms with Crippen LogP contribution in [-0.4, -0.2) is 25.1 Å². The van der Waals surface area contributed by atoms with Crippen LogP contribution in [0, 0.1) is 6.92 Å². The predicted octanol–water partition coefficient (Wildman–Crippen LogP) is 3.06. The van der Waals surface area contributed by atoms with Crippen molar-refractivity contribution in [2.45, 2.75) is 6.92 Å². The number of pyridine rings is 1. The molecule has 0 unspecified atom stereocenters. The number of ether oxygens (including phenoxy) is 2. The van der Waals surface area contributed by atoms with Crippen molar-refractivity contribution >= 4 is 17.7 Å². The summed E-state index contributed by atoms with van der Waals surface area (Å²) in [5.74, 6) is 1.11. The van der Waals surface area contributed by atoms with Crippen LogP contribution in [0.3, 0.4) is 0 Å². The van der Waals surface area contributed by atoms with Gasteiger partial charge in [-0.1, -0.05) is 0 Å². The summed E-state index contributed by atoms with van der Waals surface area (Å²) < 4.78 is 10.4. The van der Waals surface area contributed by atoms with E-state index in [-0.39, 0.29) is 5.91 Å². The summed E-state index contributed by atoms with van der Waals surface area (Å²) in [7, 11) is 3.17. The number of hydrogen-bond donors (Lipinski definition) is 1. The normalized spacial score (nSPS) is 10.5. The molecule has 0 saturated heterocycles. The monoisotopic (exact) mass is 298 g/mol. The molecule has 0 radical (unpaired) electrons. The molecule has 1 amide bonds. The molecular weight excluding hydrogens is 280 g/mol. The highest BCUT2D eigenvalue weighted by atomic mass is 16.5. The summed E-state index contributed by atoms with van der Waals surface area (Å²) in [6, 6.07) is 7.26. The number of anilines is 1. The molecule has 0 aliphatic rings. The second-order valence-electron chi connectivity index (χ2n) is 4.66. The standard InChI is InChI=1S/C17H18N2O3/c1-12-6-7-18-11-16(12)19-17(20)5-4-13-8-14(21-2)10-15(9-13)22-3/h4-11H,1-3H3,(H,19,20). The molecule has 22 heavy (non-hydrogen) atoms. The minimum Gasteiger partial charge on any atom is -0.497 e. The van der Waals surface area contributed by atoms with Crippen molar-refractivity contribution in [3.63, 3.8) is 0 Å². The van der Waals surface area contributed by atoms with Crippen LogP contribution in [-0.2, 0) is 4.79 Å². The third-order valence-corrected chi connectivity index (χ3v) is 3.10. The number of carbonyl (C=O) groups excluding carboxylic acids is 1. The molecule has 0 aliphatic heterocycles. The molecule has 0 atom stereocenters. The number of hydrogen-bond acceptors (Lipinski definition) is 4. The van der Waals surface area contributed by atoms with Gasteiger partial charge in [0.05, 0.1) is 26.1 Å². The Kier molecular flexibility index (Phi) is 5.14. The van der Waals surface area contributed by atoms with Crippen LogP contribution in [0.15, 0.2) is 42.7 Å². The lowest BCUT2D eigenvalue weighted by molar-refractivity contribution is -0.111. The summed E-state index contributed by atoms with van der Waals surface area (Å²) in [5, 5.41) is 2.79. The zero-order valence-corrected chi connectivity index (χ0v) is 12.8. The molecule has 0 fully saturated rings. The number of carbonyl (C=O) groups is 1. The van der Waals surface area contributed by atoms with Gasteiger partial charge in [0.15, 0.2) is 0 Å². The van der Waals surface area contributed by atoms with E-state index in [0.717, 1.165) is 11.1 Å². The summed E-state index contributed by atoms with van der Waals surface area (Å²) in [6.45, 7) is 1.91. The number of benzene rings is 1. The van der Waals surface area contributed by atoms with Crippen LogP contribution in [0.1, 0.15) is 11.1 Å². The fraction of sp³-hybridized carbons (Fsp3) is 0.176. The summed E-state index contributed by atoms with van der Waals surface area (Å²) >= 11 is 0. The van der Waals surface area contributed by atoms with Crippen LogP contribution in [0.4, 0.5) is 5.69 Å². The molecule has 5 heteroatoms. The van der Waals surface area contributed by atoms with E-state index in [1.807, 2.05) is 25.1 Å². The van der Waals surface area contributed by atoms with Gasteiger partial charge in [-0.2, -0.15) is 0 Å². The highest BCUT2D eigenvalue weighted by molar-refractivity contribution is 6.02. The second-order valence-corrected chi connectivity index (χ2v) is 4.66. The van der Waals surface area contributed by atoms with Crippen LogP contribution < -0.4 is 14.8 Å². The Morgan fingerprint density at radius 1 is 1.18 bits per heavy atom. The van der Waals surface area contributed by atoms with E-state index in [9.17, 15) is 4.79 Å². The highest BCUT2D eigenvalue weighted by Crippen LogP contribution is 2.23.